The van der Waals surface area contributed by atoms with Crippen molar-refractivity contribution < 1.29 is 0 Å². The van der Waals surface area contributed by atoms with Crippen molar-refractivity contribution in [1.29, 1.82) is 0 Å². The van der Waals surface area contributed by atoms with Crippen LogP contribution in [0.25, 0.3) is 0 Å². The topological polar surface area (TPSA) is 12.0 Å². The molecule has 16 heavy (non-hydrogen) atoms. The molecule has 1 aliphatic heterocycles. The van der Waals surface area contributed by atoms with Gasteiger partial charge in [-0.05, 0) is 55.6 Å². The molecule has 1 heterocycles. The summed E-state index contributed by atoms with van der Waals surface area (Å²) in [5, 5.41) is 3.63. The molecule has 0 amide bonds. The number of rotatable bonds is 4. The van der Waals surface area contributed by atoms with Crippen LogP contribution in [0.3, 0.4) is 0 Å². The van der Waals surface area contributed by atoms with E-state index in [9.17, 15) is 0 Å². The quantitative estimate of drug-likeness (QED) is 0.808. The monoisotopic (exact) mass is 241 g/mol. The third-order valence-corrected chi connectivity index (χ3v) is 5.97. The molecule has 0 radical (unpaired) electrons. The van der Waals surface area contributed by atoms with E-state index in [1.807, 2.05) is 0 Å². The Balaban J connectivity index is 1.85. The summed E-state index contributed by atoms with van der Waals surface area (Å²) in [5.41, 5.74) is 0. The Morgan fingerprint density at radius 1 is 1.12 bits per heavy atom. The number of hydrogen-bond donors (Lipinski definition) is 1. The summed E-state index contributed by atoms with van der Waals surface area (Å²) in [6.07, 6.45) is 8.77. The fourth-order valence-corrected chi connectivity index (χ4v) is 4.96. The molecule has 2 heteroatoms. The summed E-state index contributed by atoms with van der Waals surface area (Å²) in [6, 6.07) is 0.813. The molecule has 1 N–H and O–H groups in total. The Hall–Kier alpha value is 0.310. The average Bonchev–Trinajstić information content (AvgIpc) is 2.85. The molecule has 1 saturated carbocycles. The third kappa shape index (κ3) is 2.95. The lowest BCUT2D eigenvalue weighted by Gasteiger charge is -2.36. The van der Waals surface area contributed by atoms with Gasteiger partial charge in [-0.25, -0.2) is 0 Å². The summed E-state index contributed by atoms with van der Waals surface area (Å²) >= 11 is 2.15. The summed E-state index contributed by atoms with van der Waals surface area (Å²) in [5.74, 6) is 5.76. The van der Waals surface area contributed by atoms with Crippen LogP contribution in [0.15, 0.2) is 0 Å². The van der Waals surface area contributed by atoms with Crippen molar-refractivity contribution in [2.75, 3.05) is 18.6 Å². The van der Waals surface area contributed by atoms with Gasteiger partial charge >= 0.3 is 0 Å². The van der Waals surface area contributed by atoms with Gasteiger partial charge in [-0.1, -0.05) is 26.2 Å². The molecule has 0 bridgehead atoms. The van der Waals surface area contributed by atoms with Crippen molar-refractivity contribution in [2.45, 2.75) is 51.5 Å². The van der Waals surface area contributed by atoms with Gasteiger partial charge in [-0.3, -0.25) is 0 Å². The highest BCUT2D eigenvalue weighted by Crippen LogP contribution is 2.37. The number of hydrogen-bond acceptors (Lipinski definition) is 2. The van der Waals surface area contributed by atoms with Crippen molar-refractivity contribution >= 4 is 11.8 Å². The molecule has 0 aromatic heterocycles. The second kappa shape index (κ2) is 6.30. The van der Waals surface area contributed by atoms with E-state index in [4.69, 9.17) is 0 Å². The normalized spacial score (nSPS) is 37.5. The molecule has 2 aliphatic rings. The van der Waals surface area contributed by atoms with Crippen LogP contribution in [-0.2, 0) is 0 Å². The van der Waals surface area contributed by atoms with Crippen molar-refractivity contribution in [3.05, 3.63) is 0 Å². The Kier molecular flexibility index (Phi) is 5.02. The first-order valence-corrected chi connectivity index (χ1v) is 8.25. The van der Waals surface area contributed by atoms with Crippen LogP contribution in [0.2, 0.25) is 0 Å². The smallest absolute Gasteiger partial charge is 0.0129 e. The lowest BCUT2D eigenvalue weighted by Crippen LogP contribution is -2.41. The second-order valence-corrected chi connectivity index (χ2v) is 6.78. The molecule has 2 unspecified atom stereocenters. The van der Waals surface area contributed by atoms with Gasteiger partial charge in [0.15, 0.2) is 0 Å². The minimum atomic E-state index is 0.813. The first-order chi connectivity index (χ1) is 7.85. The molecule has 1 aliphatic carbocycles. The van der Waals surface area contributed by atoms with E-state index in [2.05, 4.69) is 31.1 Å². The van der Waals surface area contributed by atoms with Crippen molar-refractivity contribution in [3.63, 3.8) is 0 Å². The minimum Gasteiger partial charge on any atom is -0.316 e. The van der Waals surface area contributed by atoms with Crippen LogP contribution in [0.5, 0.6) is 0 Å². The fourth-order valence-electron chi connectivity index (χ4n) is 3.65. The van der Waals surface area contributed by atoms with E-state index >= 15 is 0 Å². The highest BCUT2D eigenvalue weighted by molar-refractivity contribution is 7.99. The molecule has 2 rings (SSSR count). The van der Waals surface area contributed by atoms with Crippen molar-refractivity contribution in [3.8, 4) is 0 Å². The largest absolute Gasteiger partial charge is 0.316 e. The molecule has 0 aromatic carbocycles. The minimum absolute atomic E-state index is 0.813. The zero-order valence-electron chi connectivity index (χ0n) is 10.9. The van der Waals surface area contributed by atoms with E-state index < -0.39 is 0 Å². The number of thioether (sulfide) groups is 1. The van der Waals surface area contributed by atoms with E-state index in [-0.39, 0.29) is 0 Å². The van der Waals surface area contributed by atoms with Gasteiger partial charge in [-0.2, -0.15) is 11.8 Å². The zero-order valence-corrected chi connectivity index (χ0v) is 11.7. The Morgan fingerprint density at radius 3 is 2.38 bits per heavy atom. The molecule has 2 fully saturated rings. The van der Waals surface area contributed by atoms with Crippen LogP contribution in [0, 0.1) is 17.8 Å². The van der Waals surface area contributed by atoms with Gasteiger partial charge in [0.2, 0.25) is 0 Å². The lowest BCUT2D eigenvalue weighted by molar-refractivity contribution is 0.190. The van der Waals surface area contributed by atoms with Gasteiger partial charge in [0.05, 0.1) is 0 Å². The fraction of sp³-hybridized carbons (Fsp3) is 1.00. The maximum absolute atomic E-state index is 3.63. The Bertz CT molecular complexity index is 193. The first kappa shape index (κ1) is 12.8. The predicted octanol–water partition coefficient (Wildman–Crippen LogP) is 3.54. The van der Waals surface area contributed by atoms with Crippen LogP contribution in [-0.4, -0.2) is 24.6 Å². The molecule has 0 spiro atoms. The Morgan fingerprint density at radius 2 is 1.88 bits per heavy atom. The average molecular weight is 241 g/mol. The summed E-state index contributed by atoms with van der Waals surface area (Å²) in [6.45, 7) is 2.36. The molecule has 0 aromatic rings. The van der Waals surface area contributed by atoms with Crippen LogP contribution in [0.1, 0.15) is 45.4 Å². The van der Waals surface area contributed by atoms with Gasteiger partial charge in [-0.15, -0.1) is 0 Å². The summed E-state index contributed by atoms with van der Waals surface area (Å²) < 4.78 is 0. The maximum atomic E-state index is 3.63. The van der Waals surface area contributed by atoms with Gasteiger partial charge in [0.1, 0.15) is 0 Å². The summed E-state index contributed by atoms with van der Waals surface area (Å²) in [4.78, 5) is 0. The second-order valence-electron chi connectivity index (χ2n) is 5.63. The van der Waals surface area contributed by atoms with Crippen LogP contribution in [0.4, 0.5) is 0 Å². The Labute approximate surface area is 105 Å². The highest BCUT2D eigenvalue weighted by Gasteiger charge is 2.32. The predicted molar refractivity (Wildman–Crippen MR) is 74.0 cm³/mol. The third-order valence-electron chi connectivity index (χ3n) is 4.78. The highest BCUT2D eigenvalue weighted by atomic mass is 32.2. The van der Waals surface area contributed by atoms with Crippen molar-refractivity contribution in [1.82, 2.24) is 5.32 Å². The molecule has 1 nitrogen and oxygen atoms in total. The standard InChI is InChI=1S/C14H27NS/c1-3-11-4-6-12(7-5-11)14(15-2)13-8-9-16-10-13/h11-15H,3-10H2,1-2H3. The zero-order chi connectivity index (χ0) is 11.4. The summed E-state index contributed by atoms with van der Waals surface area (Å²) in [7, 11) is 2.18. The maximum Gasteiger partial charge on any atom is 0.0129 e. The van der Waals surface area contributed by atoms with E-state index in [0.29, 0.717) is 0 Å². The SMILES string of the molecule is CCC1CCC(C(NC)C2CCSC2)CC1. The van der Waals surface area contributed by atoms with Crippen LogP contribution >= 0.6 is 11.8 Å². The molecule has 1 saturated heterocycles. The van der Waals surface area contributed by atoms with Crippen LogP contribution < -0.4 is 5.32 Å². The molecular formula is C14H27NS. The van der Waals surface area contributed by atoms with E-state index in [1.165, 1.54) is 50.0 Å². The van der Waals surface area contributed by atoms with E-state index in [0.717, 1.165) is 23.8 Å². The number of nitrogens with one attached hydrogen (secondary N) is 1. The first-order valence-electron chi connectivity index (χ1n) is 7.10. The molecule has 2 atom stereocenters. The van der Waals surface area contributed by atoms with E-state index in [1.54, 1.807) is 0 Å². The van der Waals surface area contributed by atoms with Gasteiger partial charge in [0, 0.05) is 6.04 Å². The molecular weight excluding hydrogens is 214 g/mol. The lowest BCUT2D eigenvalue weighted by atomic mass is 9.74. The van der Waals surface area contributed by atoms with Gasteiger partial charge < -0.3 is 5.32 Å². The van der Waals surface area contributed by atoms with Gasteiger partial charge in [0.25, 0.3) is 0 Å². The molecule has 94 valence electrons. The van der Waals surface area contributed by atoms with Crippen molar-refractivity contribution in [2.24, 2.45) is 17.8 Å².